The van der Waals surface area contributed by atoms with Crippen molar-refractivity contribution >= 4 is 12.2 Å². The van der Waals surface area contributed by atoms with Crippen LogP contribution in [0.5, 0.6) is 5.75 Å². The van der Waals surface area contributed by atoms with Gasteiger partial charge < -0.3 is 28.4 Å². The highest BCUT2D eigenvalue weighted by molar-refractivity contribution is 5.64. The minimum absolute atomic E-state index is 0.132. The predicted molar refractivity (Wildman–Crippen MR) is 80.7 cm³/mol. The second-order valence-corrected chi connectivity index (χ2v) is 4.83. The molecule has 1 saturated heterocycles. The van der Waals surface area contributed by atoms with Gasteiger partial charge in [0.15, 0.2) is 13.6 Å². The molecule has 0 bridgehead atoms. The van der Waals surface area contributed by atoms with E-state index in [0.717, 1.165) is 5.56 Å². The number of hydrogen-bond donors (Lipinski definition) is 0. The van der Waals surface area contributed by atoms with E-state index in [9.17, 15) is 4.79 Å². The highest BCUT2D eigenvalue weighted by Gasteiger charge is 2.18. The molecule has 0 N–H and O–H groups in total. The first-order valence-electron chi connectivity index (χ1n) is 7.15. The average Bonchev–Trinajstić information content (AvgIpc) is 2.51. The van der Waals surface area contributed by atoms with Gasteiger partial charge in [-0.2, -0.15) is 0 Å². The van der Waals surface area contributed by atoms with E-state index in [1.54, 1.807) is 37.5 Å². The van der Waals surface area contributed by atoms with E-state index < -0.39 is 6.16 Å². The molecule has 0 amide bonds. The molecule has 1 aliphatic heterocycles. The number of ether oxygens (including phenoxy) is 6. The lowest BCUT2D eigenvalue weighted by atomic mass is 10.1. The van der Waals surface area contributed by atoms with Crippen molar-refractivity contribution in [3.63, 3.8) is 0 Å². The molecule has 1 aromatic carbocycles. The maximum absolute atomic E-state index is 11.5. The van der Waals surface area contributed by atoms with Crippen molar-refractivity contribution in [2.45, 2.75) is 0 Å². The quantitative estimate of drug-likeness (QED) is 0.227. The summed E-state index contributed by atoms with van der Waals surface area (Å²) in [7, 11) is 1.55. The van der Waals surface area contributed by atoms with E-state index in [0.29, 0.717) is 31.5 Å². The summed E-state index contributed by atoms with van der Waals surface area (Å²) in [6.07, 6.45) is 2.48. The highest BCUT2D eigenvalue weighted by Crippen LogP contribution is 2.14. The van der Waals surface area contributed by atoms with Crippen LogP contribution in [0.2, 0.25) is 0 Å². The Morgan fingerprint density at radius 1 is 1.26 bits per heavy atom. The third-order valence-electron chi connectivity index (χ3n) is 2.94. The molecule has 126 valence electrons. The molecule has 1 fully saturated rings. The molecule has 1 aliphatic rings. The Morgan fingerprint density at radius 2 is 2.04 bits per heavy atom. The van der Waals surface area contributed by atoms with E-state index in [2.05, 4.69) is 0 Å². The molecular formula is C16H20O7. The van der Waals surface area contributed by atoms with E-state index in [1.807, 2.05) is 0 Å². The molecule has 0 spiro atoms. The standard InChI is InChI=1S/C16H20O7/c1-18-11-19-7-6-13-2-4-15(5-3-13)23-16(17)22-12-21-10-14-8-20-9-14/h2-7,14H,8-12H2,1H3. The summed E-state index contributed by atoms with van der Waals surface area (Å²) in [4.78, 5) is 11.5. The molecule has 0 saturated carbocycles. The van der Waals surface area contributed by atoms with Gasteiger partial charge in [-0.05, 0) is 23.8 Å². The van der Waals surface area contributed by atoms with Crippen molar-refractivity contribution in [3.05, 3.63) is 36.1 Å². The summed E-state index contributed by atoms with van der Waals surface area (Å²) < 4.78 is 29.8. The lowest BCUT2D eigenvalue weighted by Crippen LogP contribution is -2.32. The summed E-state index contributed by atoms with van der Waals surface area (Å²) in [5, 5.41) is 0. The Morgan fingerprint density at radius 3 is 2.70 bits per heavy atom. The van der Waals surface area contributed by atoms with Gasteiger partial charge in [-0.25, -0.2) is 4.79 Å². The number of carbonyl (C=O) groups is 1. The zero-order valence-corrected chi connectivity index (χ0v) is 12.9. The molecule has 23 heavy (non-hydrogen) atoms. The summed E-state index contributed by atoms with van der Waals surface area (Å²) in [6.45, 7) is 1.97. The van der Waals surface area contributed by atoms with Gasteiger partial charge in [0.05, 0.1) is 26.1 Å². The zero-order chi connectivity index (χ0) is 16.3. The van der Waals surface area contributed by atoms with Gasteiger partial charge in [0.25, 0.3) is 0 Å². The van der Waals surface area contributed by atoms with Gasteiger partial charge in [-0.1, -0.05) is 12.1 Å². The maximum Gasteiger partial charge on any atom is 0.515 e. The van der Waals surface area contributed by atoms with E-state index in [4.69, 9.17) is 28.4 Å². The molecule has 1 aromatic rings. The maximum atomic E-state index is 11.5. The van der Waals surface area contributed by atoms with Crippen molar-refractivity contribution in [2.75, 3.05) is 40.5 Å². The van der Waals surface area contributed by atoms with Crippen molar-refractivity contribution in [1.29, 1.82) is 0 Å². The second-order valence-electron chi connectivity index (χ2n) is 4.83. The minimum Gasteiger partial charge on any atom is -0.475 e. The fourth-order valence-corrected chi connectivity index (χ4v) is 1.69. The normalized spacial score (nSPS) is 14.5. The Bertz CT molecular complexity index is 494. The fourth-order valence-electron chi connectivity index (χ4n) is 1.69. The Kier molecular flexibility index (Phi) is 7.38. The molecule has 1 heterocycles. The Balaban J connectivity index is 1.63. The zero-order valence-electron chi connectivity index (χ0n) is 12.9. The molecule has 0 aliphatic carbocycles. The Hall–Kier alpha value is -2.09. The SMILES string of the molecule is COCOC=Cc1ccc(OC(=O)OCOCC2COC2)cc1. The molecule has 0 atom stereocenters. The van der Waals surface area contributed by atoms with Crippen LogP contribution < -0.4 is 4.74 Å². The van der Waals surface area contributed by atoms with E-state index in [-0.39, 0.29) is 13.6 Å². The van der Waals surface area contributed by atoms with E-state index >= 15 is 0 Å². The van der Waals surface area contributed by atoms with Crippen LogP contribution in [0.25, 0.3) is 6.08 Å². The van der Waals surface area contributed by atoms with Crippen molar-refractivity contribution in [3.8, 4) is 5.75 Å². The second kappa shape index (κ2) is 9.83. The molecule has 0 unspecified atom stereocenters. The number of benzene rings is 1. The van der Waals surface area contributed by atoms with Crippen molar-refractivity contribution in [2.24, 2.45) is 5.92 Å². The average molecular weight is 324 g/mol. The summed E-state index contributed by atoms with van der Waals surface area (Å²) in [5.41, 5.74) is 0.896. The highest BCUT2D eigenvalue weighted by atomic mass is 16.8. The molecule has 2 rings (SSSR count). The summed E-state index contributed by atoms with van der Waals surface area (Å²) in [5.74, 6) is 0.778. The summed E-state index contributed by atoms with van der Waals surface area (Å²) in [6, 6.07) is 6.87. The molecule has 7 nitrogen and oxygen atoms in total. The Labute approximate surface area is 134 Å². The molecule has 0 aromatic heterocycles. The lowest BCUT2D eigenvalue weighted by Gasteiger charge is -2.25. The van der Waals surface area contributed by atoms with Gasteiger partial charge in [0, 0.05) is 13.0 Å². The number of rotatable bonds is 9. The van der Waals surface area contributed by atoms with Gasteiger partial charge in [-0.15, -0.1) is 0 Å². The van der Waals surface area contributed by atoms with Crippen LogP contribution in [0.3, 0.4) is 0 Å². The fraction of sp³-hybridized carbons (Fsp3) is 0.438. The smallest absolute Gasteiger partial charge is 0.475 e. The van der Waals surface area contributed by atoms with Gasteiger partial charge in [0.2, 0.25) is 0 Å². The van der Waals surface area contributed by atoms with Crippen LogP contribution in [0.1, 0.15) is 5.56 Å². The van der Waals surface area contributed by atoms with Crippen LogP contribution in [0.15, 0.2) is 30.5 Å². The first kappa shape index (κ1) is 17.3. The molecule has 0 radical (unpaired) electrons. The monoisotopic (exact) mass is 324 g/mol. The number of carbonyl (C=O) groups excluding carboxylic acids is 1. The van der Waals surface area contributed by atoms with Crippen LogP contribution >= 0.6 is 0 Å². The third kappa shape index (κ3) is 6.68. The van der Waals surface area contributed by atoms with Crippen LogP contribution in [-0.4, -0.2) is 46.7 Å². The predicted octanol–water partition coefficient (Wildman–Crippen LogP) is 2.41. The van der Waals surface area contributed by atoms with Crippen molar-refractivity contribution in [1.82, 2.24) is 0 Å². The first-order valence-corrected chi connectivity index (χ1v) is 7.15. The van der Waals surface area contributed by atoms with Gasteiger partial charge in [-0.3, -0.25) is 0 Å². The topological polar surface area (TPSA) is 72.5 Å². The van der Waals surface area contributed by atoms with Gasteiger partial charge in [0.1, 0.15) is 5.75 Å². The molecular weight excluding hydrogens is 304 g/mol. The van der Waals surface area contributed by atoms with Crippen LogP contribution in [0.4, 0.5) is 4.79 Å². The number of hydrogen-bond acceptors (Lipinski definition) is 7. The largest absolute Gasteiger partial charge is 0.515 e. The number of methoxy groups -OCH3 is 1. The summed E-state index contributed by atoms with van der Waals surface area (Å²) >= 11 is 0. The van der Waals surface area contributed by atoms with Gasteiger partial charge >= 0.3 is 6.16 Å². The van der Waals surface area contributed by atoms with Crippen LogP contribution in [-0.2, 0) is 23.7 Å². The third-order valence-corrected chi connectivity index (χ3v) is 2.94. The minimum atomic E-state index is -0.804. The lowest BCUT2D eigenvalue weighted by molar-refractivity contribution is -0.103. The van der Waals surface area contributed by atoms with Crippen molar-refractivity contribution < 1.29 is 33.2 Å². The van der Waals surface area contributed by atoms with E-state index in [1.165, 1.54) is 6.26 Å². The first-order chi connectivity index (χ1) is 11.3. The van der Waals surface area contributed by atoms with Crippen LogP contribution in [0, 0.1) is 5.92 Å². The molecule has 7 heteroatoms.